The number of pyridine rings is 1. The fourth-order valence-electron chi connectivity index (χ4n) is 1.51. The van der Waals surface area contributed by atoms with E-state index in [2.05, 4.69) is 15.3 Å². The monoisotopic (exact) mass is 361 g/mol. The highest BCUT2D eigenvalue weighted by Crippen LogP contribution is 2.28. The van der Waals surface area contributed by atoms with Gasteiger partial charge in [-0.2, -0.15) is 0 Å². The minimum absolute atomic E-state index is 0.146. The molecule has 116 valence electrons. The highest BCUT2D eigenvalue weighted by molar-refractivity contribution is 6.37. The standard InChI is InChI=1S/C13H10Cl3N3O3/c1-6-8(15)4-18-12(11(6)16)19-10(20)5-22-13(21)9-2-7(14)3-17-9/h2-4,17H,5H2,1H3,(H,18,19,20). The van der Waals surface area contributed by atoms with Gasteiger partial charge in [-0.1, -0.05) is 34.8 Å². The number of rotatable bonds is 4. The maximum atomic E-state index is 11.7. The zero-order chi connectivity index (χ0) is 16.3. The number of nitrogens with zero attached hydrogens (tertiary/aromatic N) is 1. The Kier molecular flexibility index (Phi) is 5.28. The molecule has 0 atom stereocenters. The zero-order valence-electron chi connectivity index (χ0n) is 11.2. The van der Waals surface area contributed by atoms with Crippen LogP contribution in [0.3, 0.4) is 0 Å². The molecule has 22 heavy (non-hydrogen) atoms. The molecule has 2 aromatic heterocycles. The van der Waals surface area contributed by atoms with Crippen molar-refractivity contribution < 1.29 is 14.3 Å². The second kappa shape index (κ2) is 7.00. The molecule has 0 aromatic carbocycles. The zero-order valence-corrected chi connectivity index (χ0v) is 13.5. The van der Waals surface area contributed by atoms with E-state index in [-0.39, 0.29) is 16.5 Å². The van der Waals surface area contributed by atoms with E-state index in [1.54, 1.807) is 6.92 Å². The van der Waals surface area contributed by atoms with Crippen molar-refractivity contribution in [3.05, 3.63) is 44.8 Å². The lowest BCUT2D eigenvalue weighted by Gasteiger charge is -2.09. The lowest BCUT2D eigenvalue weighted by molar-refractivity contribution is -0.119. The number of hydrogen-bond donors (Lipinski definition) is 2. The number of halogens is 3. The highest BCUT2D eigenvalue weighted by atomic mass is 35.5. The second-order valence-electron chi connectivity index (χ2n) is 4.25. The molecule has 6 nitrogen and oxygen atoms in total. The molecule has 0 aliphatic rings. The average Bonchev–Trinajstić information content (AvgIpc) is 2.92. The van der Waals surface area contributed by atoms with Gasteiger partial charge in [0.1, 0.15) is 5.69 Å². The average molecular weight is 363 g/mol. The lowest BCUT2D eigenvalue weighted by atomic mass is 10.3. The molecule has 0 fully saturated rings. The molecule has 0 saturated carbocycles. The van der Waals surface area contributed by atoms with Crippen molar-refractivity contribution in [2.24, 2.45) is 0 Å². The maximum Gasteiger partial charge on any atom is 0.355 e. The van der Waals surface area contributed by atoms with Crippen LogP contribution in [0.25, 0.3) is 0 Å². The number of amides is 1. The smallest absolute Gasteiger partial charge is 0.355 e. The Morgan fingerprint density at radius 1 is 1.36 bits per heavy atom. The molecule has 0 spiro atoms. The molecule has 2 aromatic rings. The summed E-state index contributed by atoms with van der Waals surface area (Å²) < 4.78 is 4.83. The number of ether oxygens (including phenoxy) is 1. The first-order chi connectivity index (χ1) is 10.4. The molecular formula is C13H10Cl3N3O3. The normalized spacial score (nSPS) is 10.4. The predicted molar refractivity (Wildman–Crippen MR) is 83.7 cm³/mol. The van der Waals surface area contributed by atoms with E-state index in [9.17, 15) is 9.59 Å². The number of H-pyrrole nitrogens is 1. The first-order valence-corrected chi connectivity index (χ1v) is 7.13. The van der Waals surface area contributed by atoms with Gasteiger partial charge in [0.2, 0.25) is 0 Å². The fraction of sp³-hybridized carbons (Fsp3) is 0.154. The van der Waals surface area contributed by atoms with E-state index in [1.807, 2.05) is 0 Å². The summed E-state index contributed by atoms with van der Waals surface area (Å²) in [6.07, 6.45) is 2.80. The third-order valence-corrected chi connectivity index (χ3v) is 3.72. The van der Waals surface area contributed by atoms with E-state index in [1.165, 1.54) is 18.5 Å². The van der Waals surface area contributed by atoms with Crippen molar-refractivity contribution in [3.8, 4) is 0 Å². The maximum absolute atomic E-state index is 11.7. The molecule has 0 saturated heterocycles. The van der Waals surface area contributed by atoms with E-state index in [0.717, 1.165) is 0 Å². The van der Waals surface area contributed by atoms with Crippen LogP contribution in [0, 0.1) is 6.92 Å². The molecule has 1 amide bonds. The molecule has 0 bridgehead atoms. The largest absolute Gasteiger partial charge is 0.451 e. The molecule has 2 N–H and O–H groups in total. The van der Waals surface area contributed by atoms with Gasteiger partial charge < -0.3 is 15.0 Å². The van der Waals surface area contributed by atoms with Crippen molar-refractivity contribution in [2.45, 2.75) is 6.92 Å². The van der Waals surface area contributed by atoms with Crippen LogP contribution in [-0.2, 0) is 9.53 Å². The highest BCUT2D eigenvalue weighted by Gasteiger charge is 2.15. The molecule has 2 heterocycles. The van der Waals surface area contributed by atoms with Gasteiger partial charge in [-0.25, -0.2) is 9.78 Å². The van der Waals surface area contributed by atoms with E-state index < -0.39 is 18.5 Å². The van der Waals surface area contributed by atoms with Crippen LogP contribution in [0.2, 0.25) is 15.1 Å². The van der Waals surface area contributed by atoms with Crippen LogP contribution < -0.4 is 5.32 Å². The number of aromatic nitrogens is 2. The van der Waals surface area contributed by atoms with Crippen molar-refractivity contribution in [1.29, 1.82) is 0 Å². The Labute approximate surface area is 140 Å². The minimum atomic E-state index is -0.701. The number of aromatic amines is 1. The van der Waals surface area contributed by atoms with E-state index in [4.69, 9.17) is 39.5 Å². The molecule has 2 rings (SSSR count). The van der Waals surface area contributed by atoms with Gasteiger partial charge in [0.25, 0.3) is 5.91 Å². The van der Waals surface area contributed by atoms with E-state index >= 15 is 0 Å². The van der Waals surface area contributed by atoms with Crippen LogP contribution in [0.1, 0.15) is 16.1 Å². The fourth-order valence-corrected chi connectivity index (χ4v) is 2.06. The van der Waals surface area contributed by atoms with Crippen molar-refractivity contribution in [2.75, 3.05) is 11.9 Å². The second-order valence-corrected chi connectivity index (χ2v) is 5.47. The summed E-state index contributed by atoms with van der Waals surface area (Å²) in [5.74, 6) is -1.14. The van der Waals surface area contributed by atoms with E-state index in [0.29, 0.717) is 15.6 Å². The predicted octanol–water partition coefficient (Wildman–Crippen LogP) is 3.47. The summed E-state index contributed by atoms with van der Waals surface area (Å²) in [6.45, 7) is 1.20. The summed E-state index contributed by atoms with van der Waals surface area (Å²) in [7, 11) is 0. The third kappa shape index (κ3) is 3.91. The van der Waals surface area contributed by atoms with Gasteiger partial charge in [-0.3, -0.25) is 4.79 Å². The SMILES string of the molecule is Cc1c(Cl)cnc(NC(=O)COC(=O)c2cc(Cl)c[nH]2)c1Cl. The number of anilines is 1. The van der Waals surface area contributed by atoms with Crippen molar-refractivity contribution in [1.82, 2.24) is 9.97 Å². The van der Waals surface area contributed by atoms with Gasteiger partial charge in [-0.15, -0.1) is 0 Å². The molecule has 0 radical (unpaired) electrons. The summed E-state index contributed by atoms with van der Waals surface area (Å²) in [6, 6.07) is 1.39. The Balaban J connectivity index is 1.94. The third-order valence-electron chi connectivity index (χ3n) is 2.66. The molecule has 9 heteroatoms. The quantitative estimate of drug-likeness (QED) is 0.816. The number of nitrogens with one attached hydrogen (secondary N) is 2. The molecule has 0 aliphatic carbocycles. The van der Waals surface area contributed by atoms with Crippen molar-refractivity contribution >= 4 is 52.5 Å². The first-order valence-electron chi connectivity index (χ1n) is 6.00. The Morgan fingerprint density at radius 2 is 2.09 bits per heavy atom. The number of esters is 1. The van der Waals surface area contributed by atoms with Gasteiger partial charge >= 0.3 is 5.97 Å². The number of hydrogen-bond acceptors (Lipinski definition) is 4. The van der Waals surface area contributed by atoms with Gasteiger partial charge in [0.15, 0.2) is 12.4 Å². The number of carbonyl (C=O) groups is 2. The van der Waals surface area contributed by atoms with Crippen LogP contribution in [0.5, 0.6) is 0 Å². The van der Waals surface area contributed by atoms with Crippen LogP contribution in [-0.4, -0.2) is 28.5 Å². The lowest BCUT2D eigenvalue weighted by Crippen LogP contribution is -2.21. The first kappa shape index (κ1) is 16.6. The van der Waals surface area contributed by atoms with Crippen molar-refractivity contribution in [3.63, 3.8) is 0 Å². The topological polar surface area (TPSA) is 84.1 Å². The van der Waals surface area contributed by atoms with Crippen LogP contribution >= 0.6 is 34.8 Å². The van der Waals surface area contributed by atoms with Crippen LogP contribution in [0.15, 0.2) is 18.5 Å². The minimum Gasteiger partial charge on any atom is -0.451 e. The molecule has 0 aliphatic heterocycles. The van der Waals surface area contributed by atoms with Crippen LogP contribution in [0.4, 0.5) is 5.82 Å². The van der Waals surface area contributed by atoms with Gasteiger partial charge in [0, 0.05) is 12.4 Å². The summed E-state index contributed by atoms with van der Waals surface area (Å²) in [4.78, 5) is 29.9. The Hall–Kier alpha value is -1.76. The Bertz CT molecular complexity index is 731. The number of carbonyl (C=O) groups excluding carboxylic acids is 2. The molecule has 0 unspecified atom stereocenters. The summed E-state index contributed by atoms with van der Waals surface area (Å²) in [5.41, 5.74) is 0.739. The summed E-state index contributed by atoms with van der Waals surface area (Å²) >= 11 is 17.5. The molecular weight excluding hydrogens is 353 g/mol. The van der Waals surface area contributed by atoms with Gasteiger partial charge in [-0.05, 0) is 18.6 Å². The Morgan fingerprint density at radius 3 is 2.73 bits per heavy atom. The summed E-state index contributed by atoms with van der Waals surface area (Å²) in [5, 5.41) is 3.41. The van der Waals surface area contributed by atoms with Gasteiger partial charge in [0.05, 0.1) is 15.1 Å².